The Bertz CT molecular complexity index is 755. The van der Waals surface area contributed by atoms with Crippen LogP contribution in [0.1, 0.15) is 69.0 Å². The Labute approximate surface area is 168 Å². The Morgan fingerprint density at radius 2 is 1.46 bits per heavy atom. The lowest BCUT2D eigenvalue weighted by atomic mass is 9.82. The van der Waals surface area contributed by atoms with E-state index in [-0.39, 0.29) is 29.8 Å². The number of hydroxylamine groups is 2. The first-order chi connectivity index (χ1) is 13.3. The van der Waals surface area contributed by atoms with Crippen LogP contribution in [-0.4, -0.2) is 28.7 Å². The Morgan fingerprint density at radius 3 is 2.04 bits per heavy atom. The Balaban J connectivity index is 1.79. The summed E-state index contributed by atoms with van der Waals surface area (Å²) >= 11 is 0. The summed E-state index contributed by atoms with van der Waals surface area (Å²) in [4.78, 5) is 19.0. The van der Waals surface area contributed by atoms with E-state index in [1.807, 2.05) is 48.5 Å². The van der Waals surface area contributed by atoms with Crippen LogP contribution in [0.4, 0.5) is 0 Å². The van der Waals surface area contributed by atoms with Crippen LogP contribution >= 0.6 is 0 Å². The van der Waals surface area contributed by atoms with Crippen LogP contribution in [0.3, 0.4) is 0 Å². The van der Waals surface area contributed by atoms with Gasteiger partial charge in [-0.3, -0.25) is 4.84 Å². The fourth-order valence-corrected chi connectivity index (χ4v) is 4.05. The predicted octanol–water partition coefficient (Wildman–Crippen LogP) is 5.56. The zero-order valence-corrected chi connectivity index (χ0v) is 17.4. The average molecular weight is 382 g/mol. The third kappa shape index (κ3) is 4.81. The van der Waals surface area contributed by atoms with E-state index < -0.39 is 0 Å². The standard InChI is InChI=1S/C24H31NO3/c1-23(2)16-11-17-24(3,4)25(23)28-21(19-12-7-5-8-13-19)18-27-22(26)20-14-9-6-10-15-20/h5-10,12-15,21H,11,16-18H2,1-4H3/t21-/m1/s1. The summed E-state index contributed by atoms with van der Waals surface area (Å²) in [6, 6.07) is 19.1. The summed E-state index contributed by atoms with van der Waals surface area (Å²) in [5.74, 6) is -0.331. The number of piperidine rings is 1. The molecular formula is C24H31NO3. The highest BCUT2D eigenvalue weighted by Gasteiger charge is 2.44. The minimum Gasteiger partial charge on any atom is -0.459 e. The molecule has 1 fully saturated rings. The third-order valence-corrected chi connectivity index (χ3v) is 5.46. The molecule has 2 aromatic carbocycles. The Morgan fingerprint density at radius 1 is 0.929 bits per heavy atom. The van der Waals surface area contributed by atoms with Gasteiger partial charge >= 0.3 is 5.97 Å². The number of hydrogen-bond donors (Lipinski definition) is 0. The molecule has 1 aliphatic rings. The number of esters is 1. The molecule has 0 amide bonds. The first-order valence-electron chi connectivity index (χ1n) is 10.0. The van der Waals surface area contributed by atoms with Crippen molar-refractivity contribution in [3.05, 3.63) is 71.8 Å². The molecule has 4 heteroatoms. The van der Waals surface area contributed by atoms with Crippen LogP contribution in [0.2, 0.25) is 0 Å². The van der Waals surface area contributed by atoms with Crippen LogP contribution in [0.25, 0.3) is 0 Å². The van der Waals surface area contributed by atoms with Gasteiger partial charge in [-0.25, -0.2) is 4.79 Å². The minimum absolute atomic E-state index is 0.0851. The van der Waals surface area contributed by atoms with Crippen LogP contribution in [-0.2, 0) is 9.57 Å². The van der Waals surface area contributed by atoms with Crippen molar-refractivity contribution in [2.75, 3.05) is 6.61 Å². The second-order valence-electron chi connectivity index (χ2n) is 8.74. The number of rotatable bonds is 6. The zero-order valence-electron chi connectivity index (χ0n) is 17.4. The van der Waals surface area contributed by atoms with Crippen molar-refractivity contribution >= 4 is 5.97 Å². The molecule has 1 heterocycles. The summed E-state index contributed by atoms with van der Waals surface area (Å²) in [7, 11) is 0. The van der Waals surface area contributed by atoms with Gasteiger partial charge in [-0.05, 0) is 64.7 Å². The van der Waals surface area contributed by atoms with Gasteiger partial charge in [0.15, 0.2) is 0 Å². The fourth-order valence-electron chi connectivity index (χ4n) is 4.05. The molecule has 0 saturated carbocycles. The number of benzene rings is 2. The molecule has 1 saturated heterocycles. The highest BCUT2D eigenvalue weighted by Crippen LogP contribution is 2.40. The molecule has 0 spiro atoms. The van der Waals surface area contributed by atoms with Crippen LogP contribution in [0.5, 0.6) is 0 Å². The molecule has 3 rings (SSSR count). The van der Waals surface area contributed by atoms with Gasteiger partial charge in [0.2, 0.25) is 0 Å². The van der Waals surface area contributed by atoms with Gasteiger partial charge in [0.25, 0.3) is 0 Å². The van der Waals surface area contributed by atoms with Crippen LogP contribution in [0.15, 0.2) is 60.7 Å². The van der Waals surface area contributed by atoms with Crippen LogP contribution in [0, 0.1) is 0 Å². The topological polar surface area (TPSA) is 38.8 Å². The molecule has 0 N–H and O–H groups in total. The first kappa shape index (κ1) is 20.6. The Kier molecular flexibility index (Phi) is 6.21. The molecule has 0 aromatic heterocycles. The molecule has 1 aliphatic heterocycles. The van der Waals surface area contributed by atoms with E-state index in [2.05, 4.69) is 32.8 Å². The molecule has 0 bridgehead atoms. The van der Waals surface area contributed by atoms with Gasteiger partial charge in [-0.15, -0.1) is 0 Å². The fraction of sp³-hybridized carbons (Fsp3) is 0.458. The van der Waals surface area contributed by atoms with Crippen LogP contribution < -0.4 is 0 Å². The van der Waals surface area contributed by atoms with Crippen molar-refractivity contribution in [2.45, 2.75) is 64.1 Å². The second-order valence-corrected chi connectivity index (χ2v) is 8.74. The van der Waals surface area contributed by atoms with E-state index >= 15 is 0 Å². The molecule has 1 atom stereocenters. The van der Waals surface area contributed by atoms with Gasteiger partial charge in [0.1, 0.15) is 12.7 Å². The van der Waals surface area contributed by atoms with E-state index in [0.29, 0.717) is 5.56 Å². The highest BCUT2D eigenvalue weighted by atomic mass is 16.7. The number of carbonyl (C=O) groups is 1. The highest BCUT2D eigenvalue weighted by molar-refractivity contribution is 5.89. The maximum atomic E-state index is 12.4. The summed E-state index contributed by atoms with van der Waals surface area (Å²) in [6.45, 7) is 9.02. The maximum Gasteiger partial charge on any atom is 0.338 e. The maximum absolute atomic E-state index is 12.4. The van der Waals surface area contributed by atoms with Gasteiger partial charge in [-0.2, -0.15) is 5.06 Å². The second kappa shape index (κ2) is 8.46. The third-order valence-electron chi connectivity index (χ3n) is 5.46. The van der Waals surface area contributed by atoms with Gasteiger partial charge in [0.05, 0.1) is 5.56 Å². The van der Waals surface area contributed by atoms with Gasteiger partial charge in [0, 0.05) is 11.1 Å². The smallest absolute Gasteiger partial charge is 0.338 e. The number of carbonyl (C=O) groups excluding carboxylic acids is 1. The number of nitrogens with zero attached hydrogens (tertiary/aromatic N) is 1. The number of hydrogen-bond acceptors (Lipinski definition) is 4. The molecule has 2 aromatic rings. The molecule has 0 aliphatic carbocycles. The van der Waals surface area contributed by atoms with E-state index in [4.69, 9.17) is 9.57 Å². The van der Waals surface area contributed by atoms with E-state index in [9.17, 15) is 4.79 Å². The summed E-state index contributed by atoms with van der Waals surface area (Å²) < 4.78 is 5.63. The van der Waals surface area contributed by atoms with Crippen molar-refractivity contribution in [1.82, 2.24) is 5.06 Å². The van der Waals surface area contributed by atoms with Crippen molar-refractivity contribution < 1.29 is 14.4 Å². The van der Waals surface area contributed by atoms with Crippen molar-refractivity contribution in [2.24, 2.45) is 0 Å². The van der Waals surface area contributed by atoms with E-state index in [0.717, 1.165) is 18.4 Å². The molecular weight excluding hydrogens is 350 g/mol. The Hall–Kier alpha value is -2.17. The zero-order chi connectivity index (χ0) is 20.2. The van der Waals surface area contributed by atoms with E-state index in [1.165, 1.54) is 6.42 Å². The minimum atomic E-state index is -0.356. The van der Waals surface area contributed by atoms with Gasteiger partial charge < -0.3 is 4.74 Å². The average Bonchev–Trinajstić information content (AvgIpc) is 2.67. The largest absolute Gasteiger partial charge is 0.459 e. The van der Waals surface area contributed by atoms with E-state index in [1.54, 1.807) is 12.1 Å². The SMILES string of the molecule is CC1(C)CCCC(C)(C)N1O[C@H](COC(=O)c1ccccc1)c1ccccc1. The van der Waals surface area contributed by atoms with Crippen molar-refractivity contribution in [3.63, 3.8) is 0 Å². The predicted molar refractivity (Wildman–Crippen MR) is 111 cm³/mol. The lowest BCUT2D eigenvalue weighted by molar-refractivity contribution is -0.311. The molecule has 0 unspecified atom stereocenters. The monoisotopic (exact) mass is 381 g/mol. The summed E-state index contributed by atoms with van der Waals surface area (Å²) in [5, 5.41) is 2.12. The molecule has 28 heavy (non-hydrogen) atoms. The lowest BCUT2D eigenvalue weighted by Crippen LogP contribution is -2.58. The first-order valence-corrected chi connectivity index (χ1v) is 10.0. The molecule has 4 nitrogen and oxygen atoms in total. The van der Waals surface area contributed by atoms with Crippen molar-refractivity contribution in [3.8, 4) is 0 Å². The molecule has 0 radical (unpaired) electrons. The van der Waals surface area contributed by atoms with Crippen molar-refractivity contribution in [1.29, 1.82) is 0 Å². The quantitative estimate of drug-likeness (QED) is 0.614. The number of ether oxygens (including phenoxy) is 1. The molecule has 150 valence electrons. The van der Waals surface area contributed by atoms with Gasteiger partial charge in [-0.1, -0.05) is 48.5 Å². The summed E-state index contributed by atoms with van der Waals surface area (Å²) in [6.07, 6.45) is 2.97. The summed E-state index contributed by atoms with van der Waals surface area (Å²) in [5.41, 5.74) is 1.38. The normalized spacial score (nSPS) is 19.7. The lowest BCUT2D eigenvalue weighted by Gasteiger charge is -2.52.